The number of nitrogens with zero attached hydrogens (tertiary/aromatic N) is 2. The standard InChI is InChI=1S/C15H17ClN4OS.ClH/c16-11-6-4-5-10(9-11)12-19-20-14(22-12)18-13(21)15(17)7-2-1-3-8-15;/h4-6,9H,1-3,7-8,17H2,(H,18,20,21);1H. The number of anilines is 1. The van der Waals surface area contributed by atoms with Crippen LogP contribution in [0.5, 0.6) is 0 Å². The highest BCUT2D eigenvalue weighted by Crippen LogP contribution is 2.30. The lowest BCUT2D eigenvalue weighted by Gasteiger charge is -2.31. The number of rotatable bonds is 3. The van der Waals surface area contributed by atoms with Crippen LogP contribution in [0.2, 0.25) is 5.02 Å². The van der Waals surface area contributed by atoms with Crippen molar-refractivity contribution in [1.29, 1.82) is 0 Å². The summed E-state index contributed by atoms with van der Waals surface area (Å²) in [5.74, 6) is -0.166. The number of benzene rings is 1. The molecule has 3 N–H and O–H groups in total. The Morgan fingerprint density at radius 2 is 2.00 bits per heavy atom. The lowest BCUT2D eigenvalue weighted by Crippen LogP contribution is -2.52. The van der Waals surface area contributed by atoms with E-state index < -0.39 is 5.54 Å². The Hall–Kier alpha value is -1.21. The summed E-state index contributed by atoms with van der Waals surface area (Å²) in [5.41, 5.74) is 6.32. The predicted octanol–water partition coefficient (Wildman–Crippen LogP) is 3.88. The van der Waals surface area contributed by atoms with E-state index in [9.17, 15) is 4.79 Å². The van der Waals surface area contributed by atoms with Crippen LogP contribution < -0.4 is 11.1 Å². The lowest BCUT2D eigenvalue weighted by atomic mass is 9.82. The molecular formula is C15H18Cl2N4OS. The third kappa shape index (κ3) is 4.20. The smallest absolute Gasteiger partial charge is 0.246 e. The zero-order valence-corrected chi connectivity index (χ0v) is 14.8. The molecule has 1 saturated carbocycles. The van der Waals surface area contributed by atoms with Gasteiger partial charge in [-0.05, 0) is 25.0 Å². The molecular weight excluding hydrogens is 355 g/mol. The molecule has 1 amide bonds. The van der Waals surface area contributed by atoms with Crippen LogP contribution in [0.4, 0.5) is 5.13 Å². The van der Waals surface area contributed by atoms with Gasteiger partial charge in [0.15, 0.2) is 0 Å². The second kappa shape index (κ2) is 7.57. The normalized spacial score (nSPS) is 16.4. The topological polar surface area (TPSA) is 80.9 Å². The third-order valence-corrected chi connectivity index (χ3v) is 5.04. The molecule has 1 aromatic heterocycles. The highest BCUT2D eigenvalue weighted by Gasteiger charge is 2.35. The van der Waals surface area contributed by atoms with Crippen molar-refractivity contribution in [1.82, 2.24) is 10.2 Å². The summed E-state index contributed by atoms with van der Waals surface area (Å²) in [6, 6.07) is 7.38. The van der Waals surface area contributed by atoms with Gasteiger partial charge in [0.2, 0.25) is 11.0 Å². The maximum absolute atomic E-state index is 12.4. The minimum atomic E-state index is -0.778. The molecule has 1 aliphatic rings. The summed E-state index contributed by atoms with van der Waals surface area (Å²) in [6.07, 6.45) is 4.57. The number of hydrogen-bond donors (Lipinski definition) is 2. The molecule has 8 heteroatoms. The molecule has 3 rings (SSSR count). The molecule has 0 aliphatic heterocycles. The quantitative estimate of drug-likeness (QED) is 0.856. The third-order valence-electron chi connectivity index (χ3n) is 3.92. The Morgan fingerprint density at radius 1 is 1.26 bits per heavy atom. The number of amides is 1. The van der Waals surface area contributed by atoms with Crippen LogP contribution in [0.15, 0.2) is 24.3 Å². The minimum absolute atomic E-state index is 0. The fourth-order valence-corrected chi connectivity index (χ4v) is 3.57. The second-order valence-corrected chi connectivity index (χ2v) is 7.01. The van der Waals surface area contributed by atoms with Crippen molar-refractivity contribution in [3.05, 3.63) is 29.3 Å². The fourth-order valence-electron chi connectivity index (χ4n) is 2.64. The van der Waals surface area contributed by atoms with Crippen LogP contribution in [0.25, 0.3) is 10.6 Å². The lowest BCUT2D eigenvalue weighted by molar-refractivity contribution is -0.122. The Balaban J connectivity index is 0.00000192. The molecule has 1 aliphatic carbocycles. The van der Waals surface area contributed by atoms with Crippen LogP contribution >= 0.6 is 35.3 Å². The van der Waals surface area contributed by atoms with E-state index in [0.717, 1.165) is 37.7 Å². The summed E-state index contributed by atoms with van der Waals surface area (Å²) < 4.78 is 0. The van der Waals surface area contributed by atoms with Gasteiger partial charge in [-0.2, -0.15) is 0 Å². The van der Waals surface area contributed by atoms with Crippen LogP contribution in [0, 0.1) is 0 Å². The highest BCUT2D eigenvalue weighted by molar-refractivity contribution is 7.18. The van der Waals surface area contributed by atoms with Gasteiger partial charge < -0.3 is 5.73 Å². The number of hydrogen-bond acceptors (Lipinski definition) is 5. The van der Waals surface area contributed by atoms with E-state index in [1.165, 1.54) is 11.3 Å². The number of nitrogens with two attached hydrogens (primary N) is 1. The Bertz CT molecular complexity index is 686. The van der Waals surface area contributed by atoms with E-state index >= 15 is 0 Å². The Kier molecular flexibility index (Phi) is 5.97. The number of aromatic nitrogens is 2. The summed E-state index contributed by atoms with van der Waals surface area (Å²) >= 11 is 7.29. The first kappa shape index (κ1) is 18.1. The number of carbonyl (C=O) groups is 1. The predicted molar refractivity (Wildman–Crippen MR) is 96.2 cm³/mol. The van der Waals surface area contributed by atoms with Crippen molar-refractivity contribution in [2.75, 3.05) is 5.32 Å². The SMILES string of the molecule is Cl.NC1(C(=O)Nc2nnc(-c3cccc(Cl)c3)s2)CCCCC1. The first-order chi connectivity index (χ1) is 10.6. The molecule has 0 radical (unpaired) electrons. The molecule has 1 heterocycles. The zero-order chi connectivity index (χ0) is 15.6. The fraction of sp³-hybridized carbons (Fsp3) is 0.400. The van der Waals surface area contributed by atoms with Crippen molar-refractivity contribution in [2.45, 2.75) is 37.6 Å². The Morgan fingerprint density at radius 3 is 2.70 bits per heavy atom. The van der Waals surface area contributed by atoms with Gasteiger partial charge >= 0.3 is 0 Å². The molecule has 0 unspecified atom stereocenters. The molecule has 1 aromatic carbocycles. The van der Waals surface area contributed by atoms with Crippen LogP contribution in [0.1, 0.15) is 32.1 Å². The van der Waals surface area contributed by atoms with E-state index in [-0.39, 0.29) is 18.3 Å². The monoisotopic (exact) mass is 372 g/mol. The van der Waals surface area contributed by atoms with E-state index in [2.05, 4.69) is 15.5 Å². The molecule has 0 spiro atoms. The molecule has 2 aromatic rings. The summed E-state index contributed by atoms with van der Waals surface area (Å²) in [7, 11) is 0. The van der Waals surface area contributed by atoms with Gasteiger partial charge in [-0.25, -0.2) is 0 Å². The van der Waals surface area contributed by atoms with Gasteiger partial charge in [0, 0.05) is 10.6 Å². The molecule has 0 atom stereocenters. The highest BCUT2D eigenvalue weighted by atomic mass is 35.5. The molecule has 23 heavy (non-hydrogen) atoms. The molecule has 1 fully saturated rings. The van der Waals surface area contributed by atoms with Gasteiger partial charge in [-0.3, -0.25) is 10.1 Å². The van der Waals surface area contributed by atoms with E-state index in [1.807, 2.05) is 18.2 Å². The van der Waals surface area contributed by atoms with Crippen LogP contribution in [-0.4, -0.2) is 21.6 Å². The minimum Gasteiger partial charge on any atom is -0.317 e. The molecule has 5 nitrogen and oxygen atoms in total. The Labute approximate surface area is 150 Å². The van der Waals surface area contributed by atoms with E-state index in [0.29, 0.717) is 15.2 Å². The van der Waals surface area contributed by atoms with Crippen molar-refractivity contribution < 1.29 is 4.79 Å². The molecule has 124 valence electrons. The maximum Gasteiger partial charge on any atom is 0.246 e. The van der Waals surface area contributed by atoms with Crippen molar-refractivity contribution in [3.63, 3.8) is 0 Å². The van der Waals surface area contributed by atoms with Gasteiger partial charge in [0.25, 0.3) is 0 Å². The average Bonchev–Trinajstić information content (AvgIpc) is 2.96. The largest absolute Gasteiger partial charge is 0.317 e. The first-order valence-corrected chi connectivity index (χ1v) is 8.46. The van der Waals surface area contributed by atoms with E-state index in [4.69, 9.17) is 17.3 Å². The zero-order valence-electron chi connectivity index (χ0n) is 12.4. The van der Waals surface area contributed by atoms with Crippen LogP contribution in [-0.2, 0) is 4.79 Å². The number of nitrogens with one attached hydrogen (secondary N) is 1. The summed E-state index contributed by atoms with van der Waals surface area (Å²) in [5, 5.41) is 12.8. The number of halogens is 2. The molecule has 0 bridgehead atoms. The molecule has 0 saturated heterocycles. The maximum atomic E-state index is 12.4. The van der Waals surface area contributed by atoms with Crippen molar-refractivity contribution in [3.8, 4) is 10.6 Å². The van der Waals surface area contributed by atoms with Crippen molar-refractivity contribution >= 4 is 46.4 Å². The summed E-state index contributed by atoms with van der Waals surface area (Å²) in [4.78, 5) is 12.4. The van der Waals surface area contributed by atoms with Gasteiger partial charge in [-0.15, -0.1) is 22.6 Å². The van der Waals surface area contributed by atoms with E-state index in [1.54, 1.807) is 6.07 Å². The first-order valence-electron chi connectivity index (χ1n) is 7.27. The second-order valence-electron chi connectivity index (χ2n) is 5.59. The number of carbonyl (C=O) groups excluding carboxylic acids is 1. The van der Waals surface area contributed by atoms with Crippen LogP contribution in [0.3, 0.4) is 0 Å². The van der Waals surface area contributed by atoms with Gasteiger partial charge in [0.1, 0.15) is 5.01 Å². The summed E-state index contributed by atoms with van der Waals surface area (Å²) in [6.45, 7) is 0. The van der Waals surface area contributed by atoms with Crippen molar-refractivity contribution in [2.24, 2.45) is 5.73 Å². The van der Waals surface area contributed by atoms with Gasteiger partial charge in [-0.1, -0.05) is 54.3 Å². The average molecular weight is 373 g/mol. The van der Waals surface area contributed by atoms with Gasteiger partial charge in [0.05, 0.1) is 5.54 Å².